The normalized spacial score (nSPS) is 22.1. The van der Waals surface area contributed by atoms with E-state index < -0.39 is 4.92 Å². The van der Waals surface area contributed by atoms with Crippen molar-refractivity contribution in [2.45, 2.75) is 32.6 Å². The third kappa shape index (κ3) is 2.77. The van der Waals surface area contributed by atoms with Crippen LogP contribution < -0.4 is 15.5 Å². The molecular formula is C14H22N6O2. The van der Waals surface area contributed by atoms with Crippen LogP contribution in [0.3, 0.4) is 0 Å². The summed E-state index contributed by atoms with van der Waals surface area (Å²) in [5.74, 6) is 1.37. The van der Waals surface area contributed by atoms with E-state index in [4.69, 9.17) is 5.73 Å². The van der Waals surface area contributed by atoms with Gasteiger partial charge in [-0.3, -0.25) is 10.1 Å². The van der Waals surface area contributed by atoms with Gasteiger partial charge in [0.25, 0.3) is 0 Å². The standard InChI is InChI=1S/C14H22N6O2/c1-10-5-4-8-19(9-10)13-11(20(21)22)12(15)16-14(17-13)18-6-2-3-7-18/h10H,2-9H2,1H3,(H2,15,16,17). The van der Waals surface area contributed by atoms with E-state index in [1.165, 1.54) is 0 Å². The number of hydrogen-bond donors (Lipinski definition) is 1. The molecule has 0 aliphatic carbocycles. The molecule has 2 aliphatic heterocycles. The predicted octanol–water partition coefficient (Wildman–Crippen LogP) is 1.80. The van der Waals surface area contributed by atoms with Crippen molar-refractivity contribution in [2.75, 3.05) is 41.7 Å². The number of rotatable bonds is 3. The van der Waals surface area contributed by atoms with E-state index in [-0.39, 0.29) is 11.5 Å². The van der Waals surface area contributed by atoms with Gasteiger partial charge in [-0.25, -0.2) is 0 Å². The van der Waals surface area contributed by atoms with Crippen molar-refractivity contribution in [3.8, 4) is 0 Å². The van der Waals surface area contributed by atoms with Crippen molar-refractivity contribution in [1.29, 1.82) is 0 Å². The quantitative estimate of drug-likeness (QED) is 0.671. The summed E-state index contributed by atoms with van der Waals surface area (Å²) < 4.78 is 0. The Morgan fingerprint density at radius 3 is 2.50 bits per heavy atom. The van der Waals surface area contributed by atoms with Crippen LogP contribution >= 0.6 is 0 Å². The molecule has 2 aliphatic rings. The number of nitrogen functional groups attached to an aromatic ring is 1. The van der Waals surface area contributed by atoms with Crippen LogP contribution in [0, 0.1) is 16.0 Å². The number of nitrogens with two attached hydrogens (primary N) is 1. The molecule has 120 valence electrons. The van der Waals surface area contributed by atoms with E-state index in [0.29, 0.717) is 17.7 Å². The Morgan fingerprint density at radius 1 is 1.18 bits per heavy atom. The highest BCUT2D eigenvalue weighted by molar-refractivity contribution is 5.71. The van der Waals surface area contributed by atoms with Crippen LogP contribution in [-0.4, -0.2) is 41.1 Å². The largest absolute Gasteiger partial charge is 0.378 e. The van der Waals surface area contributed by atoms with Gasteiger partial charge in [0.2, 0.25) is 17.6 Å². The minimum atomic E-state index is -0.461. The van der Waals surface area contributed by atoms with E-state index in [2.05, 4.69) is 21.8 Å². The molecule has 22 heavy (non-hydrogen) atoms. The lowest BCUT2D eigenvalue weighted by atomic mass is 10.0. The highest BCUT2D eigenvalue weighted by Crippen LogP contribution is 2.35. The molecule has 0 spiro atoms. The van der Waals surface area contributed by atoms with Crippen LogP contribution in [0.25, 0.3) is 0 Å². The van der Waals surface area contributed by atoms with Crippen LogP contribution in [0.5, 0.6) is 0 Å². The molecule has 0 radical (unpaired) electrons. The Morgan fingerprint density at radius 2 is 1.86 bits per heavy atom. The molecule has 0 amide bonds. The van der Waals surface area contributed by atoms with Gasteiger partial charge in [-0.15, -0.1) is 0 Å². The molecule has 1 aromatic rings. The van der Waals surface area contributed by atoms with Crippen molar-refractivity contribution in [1.82, 2.24) is 9.97 Å². The molecular weight excluding hydrogens is 284 g/mol. The topological polar surface area (TPSA) is 101 Å². The average Bonchev–Trinajstić information content (AvgIpc) is 3.00. The maximum Gasteiger partial charge on any atom is 0.353 e. The first kappa shape index (κ1) is 14.8. The fourth-order valence-electron chi connectivity index (χ4n) is 3.28. The molecule has 3 rings (SSSR count). The lowest BCUT2D eigenvalue weighted by Crippen LogP contribution is -2.36. The number of nitro groups is 1. The lowest BCUT2D eigenvalue weighted by Gasteiger charge is -2.32. The van der Waals surface area contributed by atoms with Gasteiger partial charge >= 0.3 is 5.69 Å². The number of nitrogens with zero attached hydrogens (tertiary/aromatic N) is 5. The first-order chi connectivity index (χ1) is 10.6. The van der Waals surface area contributed by atoms with Crippen molar-refractivity contribution in [2.24, 2.45) is 5.92 Å². The molecule has 1 unspecified atom stereocenters. The number of anilines is 3. The zero-order chi connectivity index (χ0) is 15.7. The molecule has 8 heteroatoms. The summed E-state index contributed by atoms with van der Waals surface area (Å²) in [6.07, 6.45) is 4.35. The fraction of sp³-hybridized carbons (Fsp3) is 0.714. The monoisotopic (exact) mass is 306 g/mol. The van der Waals surface area contributed by atoms with Gasteiger partial charge in [0, 0.05) is 26.2 Å². The zero-order valence-electron chi connectivity index (χ0n) is 12.9. The van der Waals surface area contributed by atoms with E-state index in [0.717, 1.165) is 51.9 Å². The van der Waals surface area contributed by atoms with Gasteiger partial charge in [0.1, 0.15) is 0 Å². The van der Waals surface area contributed by atoms with Gasteiger partial charge in [-0.1, -0.05) is 6.92 Å². The maximum atomic E-state index is 11.4. The van der Waals surface area contributed by atoms with Crippen LogP contribution in [-0.2, 0) is 0 Å². The smallest absolute Gasteiger partial charge is 0.353 e. The second-order valence-corrected chi connectivity index (χ2v) is 6.23. The Balaban J connectivity index is 2.01. The first-order valence-electron chi connectivity index (χ1n) is 7.88. The predicted molar refractivity (Wildman–Crippen MR) is 85.2 cm³/mol. The van der Waals surface area contributed by atoms with E-state index in [9.17, 15) is 10.1 Å². The highest BCUT2D eigenvalue weighted by atomic mass is 16.6. The molecule has 0 bridgehead atoms. The molecule has 1 aromatic heterocycles. The van der Waals surface area contributed by atoms with Gasteiger partial charge in [-0.05, 0) is 31.6 Å². The summed E-state index contributed by atoms with van der Waals surface area (Å²) in [7, 11) is 0. The first-order valence-corrected chi connectivity index (χ1v) is 7.88. The summed E-state index contributed by atoms with van der Waals surface area (Å²) in [6.45, 7) is 5.47. The summed E-state index contributed by atoms with van der Waals surface area (Å²) in [5.41, 5.74) is 5.73. The Hall–Kier alpha value is -2.12. The van der Waals surface area contributed by atoms with E-state index in [1.54, 1.807) is 0 Å². The molecule has 2 N–H and O–H groups in total. The minimum Gasteiger partial charge on any atom is -0.378 e. The van der Waals surface area contributed by atoms with Crippen molar-refractivity contribution >= 4 is 23.3 Å². The third-order valence-electron chi connectivity index (χ3n) is 4.41. The molecule has 2 saturated heterocycles. The summed E-state index contributed by atoms with van der Waals surface area (Å²) >= 11 is 0. The Labute approximate surface area is 129 Å². The fourth-order valence-corrected chi connectivity index (χ4v) is 3.28. The van der Waals surface area contributed by atoms with Gasteiger partial charge < -0.3 is 15.5 Å². The van der Waals surface area contributed by atoms with Gasteiger partial charge in [0.15, 0.2) is 0 Å². The lowest BCUT2D eigenvalue weighted by molar-refractivity contribution is -0.383. The minimum absolute atomic E-state index is 0.0323. The van der Waals surface area contributed by atoms with Crippen LogP contribution in [0.4, 0.5) is 23.3 Å². The van der Waals surface area contributed by atoms with Crippen molar-refractivity contribution in [3.05, 3.63) is 10.1 Å². The molecule has 0 aromatic carbocycles. The molecule has 0 saturated carbocycles. The third-order valence-corrected chi connectivity index (χ3v) is 4.41. The number of hydrogen-bond acceptors (Lipinski definition) is 7. The van der Waals surface area contributed by atoms with Crippen molar-refractivity contribution in [3.63, 3.8) is 0 Å². The van der Waals surface area contributed by atoms with Crippen LogP contribution in [0.15, 0.2) is 0 Å². The summed E-state index contributed by atoms with van der Waals surface area (Å²) in [4.78, 5) is 23.7. The molecule has 8 nitrogen and oxygen atoms in total. The van der Waals surface area contributed by atoms with Gasteiger partial charge in [-0.2, -0.15) is 9.97 Å². The van der Waals surface area contributed by atoms with Gasteiger partial charge in [0.05, 0.1) is 4.92 Å². The highest BCUT2D eigenvalue weighted by Gasteiger charge is 2.31. The van der Waals surface area contributed by atoms with E-state index in [1.807, 2.05) is 4.90 Å². The summed E-state index contributed by atoms with van der Waals surface area (Å²) in [6, 6.07) is 0. The van der Waals surface area contributed by atoms with Crippen LogP contribution in [0.2, 0.25) is 0 Å². The SMILES string of the molecule is CC1CCCN(c2nc(N3CCCC3)nc(N)c2[N+](=O)[O-])C1. The summed E-state index contributed by atoms with van der Waals surface area (Å²) in [5, 5.41) is 11.4. The Kier molecular flexibility index (Phi) is 4.00. The maximum absolute atomic E-state index is 11.4. The zero-order valence-corrected chi connectivity index (χ0v) is 12.9. The van der Waals surface area contributed by atoms with Crippen molar-refractivity contribution < 1.29 is 4.92 Å². The number of aromatic nitrogens is 2. The van der Waals surface area contributed by atoms with Crippen LogP contribution in [0.1, 0.15) is 32.6 Å². The molecule has 1 atom stereocenters. The second kappa shape index (κ2) is 5.94. The molecule has 2 fully saturated rings. The molecule has 3 heterocycles. The Bertz CT molecular complexity index is 573. The number of piperidine rings is 1. The second-order valence-electron chi connectivity index (χ2n) is 6.23. The average molecular weight is 306 g/mol. The van der Waals surface area contributed by atoms with E-state index >= 15 is 0 Å².